The normalized spacial score (nSPS) is 11.1. The molecule has 1 aromatic heterocycles. The van der Waals surface area contributed by atoms with E-state index in [1.165, 1.54) is 6.07 Å². The smallest absolute Gasteiger partial charge is 0.387 e. The van der Waals surface area contributed by atoms with Crippen LogP contribution in [0.2, 0.25) is 0 Å². The zero-order chi connectivity index (χ0) is 20.2. The van der Waals surface area contributed by atoms with Crippen LogP contribution >= 0.6 is 24.0 Å². The molecule has 1 heterocycles. The van der Waals surface area contributed by atoms with Crippen molar-refractivity contribution in [2.75, 3.05) is 19.7 Å². The zero-order valence-corrected chi connectivity index (χ0v) is 18.9. The van der Waals surface area contributed by atoms with E-state index in [0.717, 1.165) is 13.0 Å². The summed E-state index contributed by atoms with van der Waals surface area (Å²) in [5.74, 6) is 1.16. The third kappa shape index (κ3) is 9.29. The monoisotopic (exact) mass is 523 g/mol. The van der Waals surface area contributed by atoms with Gasteiger partial charge in [0, 0.05) is 43.7 Å². The minimum Gasteiger partial charge on any atom is -0.493 e. The van der Waals surface area contributed by atoms with E-state index in [-0.39, 0.29) is 36.3 Å². The number of hydrogen-bond acceptors (Lipinski definition) is 4. The van der Waals surface area contributed by atoms with Gasteiger partial charge in [-0.2, -0.15) is 8.78 Å². The van der Waals surface area contributed by atoms with Crippen LogP contribution in [0.25, 0.3) is 0 Å². The van der Waals surface area contributed by atoms with Crippen molar-refractivity contribution in [2.45, 2.75) is 40.0 Å². The lowest BCUT2D eigenvalue weighted by atomic mass is 10.2. The fraction of sp³-hybridized carbons (Fsp3) is 0.474. The molecular formula is C19H28F2IN5O2. The molecule has 29 heavy (non-hydrogen) atoms. The first-order chi connectivity index (χ1) is 13.6. The van der Waals surface area contributed by atoms with E-state index in [9.17, 15) is 8.78 Å². The van der Waals surface area contributed by atoms with Gasteiger partial charge in [-0.1, -0.05) is 6.92 Å². The van der Waals surface area contributed by atoms with Crippen LogP contribution in [0.4, 0.5) is 8.78 Å². The predicted molar refractivity (Wildman–Crippen MR) is 119 cm³/mol. The molecule has 0 bridgehead atoms. The predicted octanol–water partition coefficient (Wildman–Crippen LogP) is 3.65. The molecule has 0 aliphatic carbocycles. The third-order valence-corrected chi connectivity index (χ3v) is 3.70. The Morgan fingerprint density at radius 2 is 2.10 bits per heavy atom. The second-order valence-electron chi connectivity index (χ2n) is 5.92. The number of nitrogens with zero attached hydrogens (tertiary/aromatic N) is 3. The van der Waals surface area contributed by atoms with Crippen LogP contribution in [0.3, 0.4) is 0 Å². The molecule has 2 N–H and O–H groups in total. The molecule has 0 spiro atoms. The van der Waals surface area contributed by atoms with Crippen LogP contribution in [-0.2, 0) is 13.1 Å². The number of rotatable bonds is 11. The van der Waals surface area contributed by atoms with E-state index in [2.05, 4.69) is 25.3 Å². The van der Waals surface area contributed by atoms with Gasteiger partial charge < -0.3 is 24.7 Å². The van der Waals surface area contributed by atoms with Crippen molar-refractivity contribution in [1.82, 2.24) is 20.2 Å². The van der Waals surface area contributed by atoms with Crippen molar-refractivity contribution >= 4 is 29.9 Å². The number of aromatic nitrogens is 2. The van der Waals surface area contributed by atoms with Gasteiger partial charge in [0.1, 0.15) is 11.5 Å². The Labute approximate surface area is 186 Å². The molecule has 0 aliphatic rings. The van der Waals surface area contributed by atoms with Gasteiger partial charge in [-0.15, -0.1) is 24.0 Å². The van der Waals surface area contributed by atoms with Gasteiger partial charge in [0.15, 0.2) is 5.96 Å². The molecule has 0 fully saturated rings. The molecule has 1 aromatic carbocycles. The fourth-order valence-electron chi connectivity index (χ4n) is 2.41. The van der Waals surface area contributed by atoms with Crippen LogP contribution in [0.5, 0.6) is 11.5 Å². The number of hydrogen-bond donors (Lipinski definition) is 2. The molecule has 0 atom stereocenters. The van der Waals surface area contributed by atoms with Gasteiger partial charge in [-0.25, -0.2) is 9.98 Å². The lowest BCUT2D eigenvalue weighted by Crippen LogP contribution is -2.38. The van der Waals surface area contributed by atoms with Gasteiger partial charge in [0.05, 0.1) is 19.5 Å². The van der Waals surface area contributed by atoms with Crippen molar-refractivity contribution < 1.29 is 18.3 Å². The summed E-state index contributed by atoms with van der Waals surface area (Å²) in [7, 11) is 0. The molecule has 0 saturated carbocycles. The van der Waals surface area contributed by atoms with E-state index in [1.54, 1.807) is 24.7 Å². The Balaban J connectivity index is 0.00000420. The summed E-state index contributed by atoms with van der Waals surface area (Å²) in [5.41, 5.74) is 0.552. The molecule has 0 saturated heterocycles. The minimum absolute atomic E-state index is 0. The molecule has 2 rings (SSSR count). The summed E-state index contributed by atoms with van der Waals surface area (Å²) in [6, 6.07) is 4.91. The highest BCUT2D eigenvalue weighted by Crippen LogP contribution is 2.27. The van der Waals surface area contributed by atoms with Crippen LogP contribution in [0, 0.1) is 0 Å². The Kier molecular flexibility index (Phi) is 12.0. The number of ether oxygens (including phenoxy) is 2. The van der Waals surface area contributed by atoms with Crippen LogP contribution in [-0.4, -0.2) is 41.8 Å². The average molecular weight is 523 g/mol. The van der Waals surface area contributed by atoms with Gasteiger partial charge in [-0.3, -0.25) is 0 Å². The summed E-state index contributed by atoms with van der Waals surface area (Å²) < 4.78 is 37.6. The van der Waals surface area contributed by atoms with E-state index in [0.29, 0.717) is 37.0 Å². The Hall–Kier alpha value is -2.11. The van der Waals surface area contributed by atoms with Crippen LogP contribution in [0.15, 0.2) is 41.9 Å². The van der Waals surface area contributed by atoms with Crippen molar-refractivity contribution in [3.63, 3.8) is 0 Å². The standard InChI is InChI=1S/C19H27F2N5O2.HI/c1-3-11-27-16-6-5-15(17(12-16)28-18(20)21)13-25-19(23-4-2)24-8-10-26-9-7-22-14-26;/h5-7,9,12,14,18H,3-4,8,10-11,13H2,1-2H3,(H2,23,24,25);1H. The average Bonchev–Trinajstić information content (AvgIpc) is 3.18. The highest BCUT2D eigenvalue weighted by molar-refractivity contribution is 14.0. The SMILES string of the molecule is CCCOc1ccc(CN=C(NCC)NCCn2ccnc2)c(OC(F)F)c1.I. The summed E-state index contributed by atoms with van der Waals surface area (Å²) in [5, 5.41) is 6.34. The molecule has 0 unspecified atom stereocenters. The fourth-order valence-corrected chi connectivity index (χ4v) is 2.41. The van der Waals surface area contributed by atoms with E-state index in [4.69, 9.17) is 4.74 Å². The Morgan fingerprint density at radius 3 is 2.76 bits per heavy atom. The number of benzene rings is 1. The molecule has 162 valence electrons. The number of alkyl halides is 2. The number of guanidine groups is 1. The largest absolute Gasteiger partial charge is 0.493 e. The van der Waals surface area contributed by atoms with E-state index in [1.807, 2.05) is 24.6 Å². The topological polar surface area (TPSA) is 72.7 Å². The summed E-state index contributed by atoms with van der Waals surface area (Å²) in [4.78, 5) is 8.46. The molecule has 0 amide bonds. The van der Waals surface area contributed by atoms with Crippen LogP contribution in [0.1, 0.15) is 25.8 Å². The molecule has 10 heteroatoms. The molecule has 0 radical (unpaired) electrons. The maximum Gasteiger partial charge on any atom is 0.387 e. The molecular weight excluding hydrogens is 495 g/mol. The number of nitrogens with one attached hydrogen (secondary N) is 2. The lowest BCUT2D eigenvalue weighted by molar-refractivity contribution is -0.0505. The van der Waals surface area contributed by atoms with Crippen molar-refractivity contribution in [3.05, 3.63) is 42.5 Å². The maximum absolute atomic E-state index is 12.8. The highest BCUT2D eigenvalue weighted by atomic mass is 127. The first kappa shape index (κ1) is 24.9. The summed E-state index contributed by atoms with van der Waals surface area (Å²) in [6.07, 6.45) is 6.16. The molecule has 7 nitrogen and oxygen atoms in total. The third-order valence-electron chi connectivity index (χ3n) is 3.70. The minimum atomic E-state index is -2.91. The highest BCUT2D eigenvalue weighted by Gasteiger charge is 2.11. The van der Waals surface area contributed by atoms with Gasteiger partial charge in [0.2, 0.25) is 0 Å². The molecule has 2 aromatic rings. The second-order valence-corrected chi connectivity index (χ2v) is 5.92. The maximum atomic E-state index is 12.8. The number of halogens is 3. The van der Waals surface area contributed by atoms with Crippen molar-refractivity contribution in [3.8, 4) is 11.5 Å². The van der Waals surface area contributed by atoms with E-state index < -0.39 is 6.61 Å². The lowest BCUT2D eigenvalue weighted by Gasteiger charge is -2.14. The first-order valence-electron chi connectivity index (χ1n) is 9.30. The summed E-state index contributed by atoms with van der Waals surface area (Å²) in [6.45, 7) is 3.78. The Morgan fingerprint density at radius 1 is 1.28 bits per heavy atom. The second kappa shape index (κ2) is 14.0. The van der Waals surface area contributed by atoms with Crippen molar-refractivity contribution in [1.29, 1.82) is 0 Å². The van der Waals surface area contributed by atoms with E-state index >= 15 is 0 Å². The first-order valence-corrected chi connectivity index (χ1v) is 9.30. The quantitative estimate of drug-likeness (QED) is 0.268. The summed E-state index contributed by atoms with van der Waals surface area (Å²) >= 11 is 0. The van der Waals surface area contributed by atoms with Gasteiger partial charge >= 0.3 is 6.61 Å². The number of imidazole rings is 1. The van der Waals surface area contributed by atoms with Crippen molar-refractivity contribution in [2.24, 2.45) is 4.99 Å². The number of aliphatic imine (C=N–C) groups is 1. The van der Waals surface area contributed by atoms with Gasteiger partial charge in [-0.05, 0) is 25.5 Å². The van der Waals surface area contributed by atoms with Gasteiger partial charge in [0.25, 0.3) is 0 Å². The van der Waals surface area contributed by atoms with Crippen LogP contribution < -0.4 is 20.1 Å². The molecule has 0 aliphatic heterocycles. The zero-order valence-electron chi connectivity index (χ0n) is 16.6. The Bertz CT molecular complexity index is 729.